The van der Waals surface area contributed by atoms with Crippen molar-refractivity contribution in [3.05, 3.63) is 126 Å². The molecule has 0 N–H and O–H groups in total. The third-order valence-electron chi connectivity index (χ3n) is 7.15. The van der Waals surface area contributed by atoms with E-state index in [9.17, 15) is 0 Å². The van der Waals surface area contributed by atoms with Crippen LogP contribution in [0.5, 0.6) is 0 Å². The van der Waals surface area contributed by atoms with Crippen LogP contribution in [0.4, 0.5) is 0 Å². The minimum atomic E-state index is 0.231. The predicted molar refractivity (Wildman–Crippen MR) is 139 cm³/mol. The summed E-state index contributed by atoms with van der Waals surface area (Å²) >= 11 is 0. The van der Waals surface area contributed by atoms with Crippen molar-refractivity contribution in [2.24, 2.45) is 0 Å². The molecule has 0 radical (unpaired) electrons. The molecule has 1 aliphatic rings. The van der Waals surface area contributed by atoms with Crippen LogP contribution in [0.25, 0.3) is 32.3 Å². The van der Waals surface area contributed by atoms with Gasteiger partial charge < -0.3 is 0 Å². The van der Waals surface area contributed by atoms with Crippen LogP contribution >= 0.6 is 0 Å². The van der Waals surface area contributed by atoms with E-state index in [4.69, 9.17) is 0 Å². The highest BCUT2D eigenvalue weighted by atomic mass is 14.2. The average molecular weight is 404 g/mol. The van der Waals surface area contributed by atoms with Crippen molar-refractivity contribution < 1.29 is 0 Å². The fourth-order valence-electron chi connectivity index (χ4n) is 5.66. The van der Waals surface area contributed by atoms with E-state index in [0.29, 0.717) is 0 Å². The molecule has 1 heterocycles. The Bertz CT molecular complexity index is 1570. The van der Waals surface area contributed by atoms with Gasteiger partial charge in [0, 0.05) is 0 Å². The van der Waals surface area contributed by atoms with E-state index in [2.05, 4.69) is 115 Å². The summed E-state index contributed by atoms with van der Waals surface area (Å²) in [7, 11) is 0. The Kier molecular flexibility index (Phi) is 3.80. The minimum Gasteiger partial charge on any atom is -0.0663 e. The Balaban J connectivity index is 1.59. The van der Waals surface area contributed by atoms with Gasteiger partial charge in [0.15, 0.2) is 0 Å². The van der Waals surface area contributed by atoms with E-state index in [1.807, 2.05) is 0 Å². The zero-order valence-electron chi connectivity index (χ0n) is 17.8. The van der Waals surface area contributed by atoms with Gasteiger partial charge in [-0.05, 0) is 49.9 Å². The van der Waals surface area contributed by atoms with Gasteiger partial charge in [-0.2, -0.15) is 0 Å². The first-order valence-corrected chi connectivity index (χ1v) is 11.4. The van der Waals surface area contributed by atoms with Crippen LogP contribution in [0, 0.1) is 0 Å². The van der Waals surface area contributed by atoms with Crippen LogP contribution in [-0.4, -0.2) is 6.71 Å². The molecule has 0 aliphatic carbocycles. The molecular formula is C31H21B. The maximum atomic E-state index is 2.44. The summed E-state index contributed by atoms with van der Waals surface area (Å²) < 4.78 is 0. The third-order valence-corrected chi connectivity index (χ3v) is 7.15. The molecule has 0 saturated heterocycles. The largest absolute Gasteiger partial charge is 0.242 e. The topological polar surface area (TPSA) is 0 Å². The van der Waals surface area contributed by atoms with Crippen molar-refractivity contribution in [3.63, 3.8) is 0 Å². The van der Waals surface area contributed by atoms with Gasteiger partial charge in [0.1, 0.15) is 0 Å². The maximum absolute atomic E-state index is 2.44. The molecule has 0 unspecified atom stereocenters. The lowest BCUT2D eigenvalue weighted by Crippen LogP contribution is -2.57. The Labute approximate surface area is 188 Å². The van der Waals surface area contributed by atoms with E-state index in [1.165, 1.54) is 59.8 Å². The predicted octanol–water partition coefficient (Wildman–Crippen LogP) is 5.57. The SMILES string of the molecule is c1ccc2cc3c(cc2c1)Cc1cc2ccccc2cc1B3c1cccc2ccccc12. The van der Waals surface area contributed by atoms with E-state index in [1.54, 1.807) is 0 Å². The highest BCUT2D eigenvalue weighted by Crippen LogP contribution is 2.25. The second-order valence-electron chi connectivity index (χ2n) is 8.97. The van der Waals surface area contributed by atoms with Crippen LogP contribution < -0.4 is 16.4 Å². The molecule has 7 rings (SSSR count). The molecule has 148 valence electrons. The van der Waals surface area contributed by atoms with Crippen LogP contribution in [0.1, 0.15) is 11.1 Å². The van der Waals surface area contributed by atoms with Crippen LogP contribution in [0.15, 0.2) is 115 Å². The van der Waals surface area contributed by atoms with Gasteiger partial charge in [-0.1, -0.05) is 132 Å². The number of hydrogen-bond donors (Lipinski definition) is 0. The quantitative estimate of drug-likeness (QED) is 0.314. The van der Waals surface area contributed by atoms with Crippen molar-refractivity contribution in [1.82, 2.24) is 0 Å². The Hall–Kier alpha value is -3.84. The molecule has 0 atom stereocenters. The second kappa shape index (κ2) is 6.83. The summed E-state index contributed by atoms with van der Waals surface area (Å²) in [6.07, 6.45) is 0.988. The Morgan fingerprint density at radius 1 is 0.406 bits per heavy atom. The normalized spacial score (nSPS) is 12.8. The molecular weight excluding hydrogens is 383 g/mol. The van der Waals surface area contributed by atoms with E-state index in [0.717, 1.165) is 6.42 Å². The van der Waals surface area contributed by atoms with Gasteiger partial charge in [-0.15, -0.1) is 0 Å². The first-order valence-electron chi connectivity index (χ1n) is 11.4. The van der Waals surface area contributed by atoms with Gasteiger partial charge >= 0.3 is 0 Å². The standard InChI is InChI=1S/C31H21B/c1-3-11-24-19-30-26(16-22(24)9-1)18-27-17-23-10-2-4-12-25(23)20-31(27)32(30)29-15-7-13-21-8-5-6-14-28(21)29/h1-17,19-20H,18H2. The van der Waals surface area contributed by atoms with Crippen molar-refractivity contribution in [1.29, 1.82) is 0 Å². The van der Waals surface area contributed by atoms with Crippen molar-refractivity contribution in [2.45, 2.75) is 6.42 Å². The van der Waals surface area contributed by atoms with Gasteiger partial charge in [-0.25, -0.2) is 0 Å². The van der Waals surface area contributed by atoms with Gasteiger partial charge in [0.05, 0.1) is 0 Å². The minimum absolute atomic E-state index is 0.231. The smallest absolute Gasteiger partial charge is 0.0663 e. The number of benzene rings is 6. The number of rotatable bonds is 1. The molecule has 1 aliphatic heterocycles. The Morgan fingerprint density at radius 3 is 1.47 bits per heavy atom. The summed E-state index contributed by atoms with van der Waals surface area (Å²) in [4.78, 5) is 0. The van der Waals surface area contributed by atoms with E-state index >= 15 is 0 Å². The summed E-state index contributed by atoms with van der Waals surface area (Å²) in [5.74, 6) is 0. The molecule has 0 amide bonds. The first kappa shape index (κ1) is 17.8. The molecule has 0 saturated carbocycles. The third kappa shape index (κ3) is 2.64. The van der Waals surface area contributed by atoms with Crippen LogP contribution in [0.3, 0.4) is 0 Å². The molecule has 0 fully saturated rings. The van der Waals surface area contributed by atoms with E-state index in [-0.39, 0.29) is 6.71 Å². The van der Waals surface area contributed by atoms with E-state index < -0.39 is 0 Å². The second-order valence-corrected chi connectivity index (χ2v) is 8.97. The lowest BCUT2D eigenvalue weighted by Gasteiger charge is -2.29. The highest BCUT2D eigenvalue weighted by Gasteiger charge is 2.32. The molecule has 0 aromatic heterocycles. The zero-order valence-corrected chi connectivity index (χ0v) is 17.8. The van der Waals surface area contributed by atoms with Gasteiger partial charge in [0.2, 0.25) is 6.71 Å². The zero-order chi connectivity index (χ0) is 21.1. The molecule has 6 aromatic carbocycles. The van der Waals surface area contributed by atoms with Crippen LogP contribution in [-0.2, 0) is 6.42 Å². The fourth-order valence-corrected chi connectivity index (χ4v) is 5.66. The summed E-state index contributed by atoms with van der Waals surface area (Å²) in [6.45, 7) is 0.231. The van der Waals surface area contributed by atoms with Crippen molar-refractivity contribution >= 4 is 55.4 Å². The molecule has 6 aromatic rings. The van der Waals surface area contributed by atoms with Crippen molar-refractivity contribution in [2.75, 3.05) is 0 Å². The Morgan fingerprint density at radius 2 is 0.875 bits per heavy atom. The monoisotopic (exact) mass is 404 g/mol. The maximum Gasteiger partial charge on any atom is 0.242 e. The fraction of sp³-hybridized carbons (Fsp3) is 0.0323. The van der Waals surface area contributed by atoms with Gasteiger partial charge in [0.25, 0.3) is 0 Å². The van der Waals surface area contributed by atoms with Crippen molar-refractivity contribution in [3.8, 4) is 0 Å². The summed E-state index contributed by atoms with van der Waals surface area (Å²) in [5.41, 5.74) is 7.19. The molecule has 0 spiro atoms. The number of fused-ring (bicyclic) bond motifs is 5. The molecule has 1 heteroatoms. The lowest BCUT2D eigenvalue weighted by molar-refractivity contribution is 1.22. The average Bonchev–Trinajstić information content (AvgIpc) is 2.85. The lowest BCUT2D eigenvalue weighted by atomic mass is 9.33. The number of hydrogen-bond acceptors (Lipinski definition) is 0. The molecule has 0 bridgehead atoms. The first-order chi connectivity index (χ1) is 15.8. The van der Waals surface area contributed by atoms with Gasteiger partial charge in [-0.3, -0.25) is 0 Å². The molecule has 0 nitrogen and oxygen atoms in total. The summed E-state index contributed by atoms with van der Waals surface area (Å²) in [5, 5.41) is 7.95. The molecule has 32 heavy (non-hydrogen) atoms. The summed E-state index contributed by atoms with van der Waals surface area (Å²) in [6, 6.07) is 42.8. The highest BCUT2D eigenvalue weighted by molar-refractivity contribution is 6.98. The van der Waals surface area contributed by atoms with Crippen LogP contribution in [0.2, 0.25) is 0 Å².